The van der Waals surface area contributed by atoms with Crippen LogP contribution in [0.2, 0.25) is 0 Å². The highest BCUT2D eigenvalue weighted by atomic mass is 16.4. The van der Waals surface area contributed by atoms with E-state index in [1.165, 1.54) is 38.5 Å². The first kappa shape index (κ1) is 13.9. The van der Waals surface area contributed by atoms with Gasteiger partial charge in [0, 0.05) is 12.2 Å². The minimum absolute atomic E-state index is 0.391. The first-order chi connectivity index (χ1) is 9.18. The van der Waals surface area contributed by atoms with Gasteiger partial charge in [0.25, 0.3) is 0 Å². The van der Waals surface area contributed by atoms with Crippen molar-refractivity contribution in [3.05, 3.63) is 29.3 Å². The lowest BCUT2D eigenvalue weighted by molar-refractivity contribution is 0.0696. The van der Waals surface area contributed by atoms with Gasteiger partial charge in [-0.25, -0.2) is 4.79 Å². The van der Waals surface area contributed by atoms with E-state index in [1.807, 2.05) is 13.0 Å². The molecule has 2 N–H and O–H groups in total. The molecular weight excluding hydrogens is 238 g/mol. The van der Waals surface area contributed by atoms with Crippen LogP contribution in [0, 0.1) is 12.8 Å². The van der Waals surface area contributed by atoms with Crippen molar-refractivity contribution in [3.8, 4) is 0 Å². The number of nitrogens with one attached hydrogen (secondary N) is 1. The number of hydrogen-bond donors (Lipinski definition) is 2. The summed E-state index contributed by atoms with van der Waals surface area (Å²) in [7, 11) is 0. The van der Waals surface area contributed by atoms with E-state index in [0.29, 0.717) is 5.56 Å². The Kier molecular flexibility index (Phi) is 4.83. The van der Waals surface area contributed by atoms with E-state index in [2.05, 4.69) is 5.32 Å². The van der Waals surface area contributed by atoms with Gasteiger partial charge >= 0.3 is 5.97 Å². The monoisotopic (exact) mass is 261 g/mol. The Balaban J connectivity index is 1.88. The number of aromatic carboxylic acids is 1. The lowest BCUT2D eigenvalue weighted by Gasteiger charge is -2.22. The van der Waals surface area contributed by atoms with E-state index in [9.17, 15) is 4.79 Å². The Morgan fingerprint density at radius 3 is 2.74 bits per heavy atom. The first-order valence-corrected chi connectivity index (χ1v) is 7.25. The number of carbonyl (C=O) groups is 1. The molecule has 0 amide bonds. The van der Waals surface area contributed by atoms with Crippen molar-refractivity contribution in [1.82, 2.24) is 0 Å². The topological polar surface area (TPSA) is 49.3 Å². The van der Waals surface area contributed by atoms with Gasteiger partial charge in [-0.15, -0.1) is 0 Å². The molecule has 0 aromatic heterocycles. The van der Waals surface area contributed by atoms with Crippen molar-refractivity contribution < 1.29 is 9.90 Å². The summed E-state index contributed by atoms with van der Waals surface area (Å²) in [6.45, 7) is 2.81. The second-order valence-electron chi connectivity index (χ2n) is 5.50. The van der Waals surface area contributed by atoms with Crippen molar-refractivity contribution in [2.45, 2.75) is 45.4 Å². The van der Waals surface area contributed by atoms with Gasteiger partial charge in [-0.2, -0.15) is 0 Å². The molecule has 19 heavy (non-hydrogen) atoms. The van der Waals surface area contributed by atoms with Crippen LogP contribution in [0.3, 0.4) is 0 Å². The zero-order valence-corrected chi connectivity index (χ0v) is 11.6. The van der Waals surface area contributed by atoms with E-state index in [1.54, 1.807) is 12.1 Å². The molecule has 1 aliphatic carbocycles. The van der Waals surface area contributed by atoms with Gasteiger partial charge in [-0.3, -0.25) is 0 Å². The van der Waals surface area contributed by atoms with Crippen LogP contribution in [0.15, 0.2) is 18.2 Å². The quantitative estimate of drug-likeness (QED) is 0.839. The van der Waals surface area contributed by atoms with Crippen LogP contribution in [-0.4, -0.2) is 17.6 Å². The second-order valence-corrected chi connectivity index (χ2v) is 5.50. The highest BCUT2D eigenvalue weighted by Gasteiger charge is 2.13. The molecule has 104 valence electrons. The Hall–Kier alpha value is -1.51. The third kappa shape index (κ3) is 3.72. The fourth-order valence-corrected chi connectivity index (χ4v) is 2.95. The van der Waals surface area contributed by atoms with E-state index in [-0.39, 0.29) is 0 Å². The first-order valence-electron chi connectivity index (χ1n) is 7.25. The fraction of sp³-hybridized carbons (Fsp3) is 0.562. The van der Waals surface area contributed by atoms with Crippen LogP contribution < -0.4 is 5.32 Å². The Bertz CT molecular complexity index is 436. The van der Waals surface area contributed by atoms with Crippen molar-refractivity contribution in [1.29, 1.82) is 0 Å². The van der Waals surface area contributed by atoms with Gasteiger partial charge in [0.2, 0.25) is 0 Å². The summed E-state index contributed by atoms with van der Waals surface area (Å²) in [5.74, 6) is -0.00218. The molecule has 3 nitrogen and oxygen atoms in total. The van der Waals surface area contributed by atoms with Crippen LogP contribution in [0.25, 0.3) is 0 Å². The van der Waals surface area contributed by atoms with E-state index >= 15 is 0 Å². The van der Waals surface area contributed by atoms with Crippen LogP contribution in [-0.2, 0) is 0 Å². The molecule has 1 aromatic rings. The molecule has 0 aliphatic heterocycles. The van der Waals surface area contributed by atoms with Gasteiger partial charge < -0.3 is 10.4 Å². The van der Waals surface area contributed by atoms with E-state index in [0.717, 1.165) is 23.7 Å². The average molecular weight is 261 g/mol. The molecule has 0 unspecified atom stereocenters. The largest absolute Gasteiger partial charge is 0.478 e. The molecule has 1 fully saturated rings. The maximum Gasteiger partial charge on any atom is 0.336 e. The van der Waals surface area contributed by atoms with Crippen molar-refractivity contribution in [3.63, 3.8) is 0 Å². The minimum Gasteiger partial charge on any atom is -0.478 e. The maximum atomic E-state index is 11.1. The molecule has 0 atom stereocenters. The number of benzene rings is 1. The number of carboxylic acids is 1. The van der Waals surface area contributed by atoms with Crippen molar-refractivity contribution in [2.75, 3.05) is 11.9 Å². The average Bonchev–Trinajstić information content (AvgIpc) is 2.41. The van der Waals surface area contributed by atoms with Gasteiger partial charge in [0.05, 0.1) is 5.56 Å². The SMILES string of the molecule is Cc1c(NCCC2CCCCC2)cccc1C(=O)O. The molecular formula is C16H23NO2. The molecule has 0 saturated heterocycles. The summed E-state index contributed by atoms with van der Waals surface area (Å²) in [6, 6.07) is 5.42. The van der Waals surface area contributed by atoms with E-state index < -0.39 is 5.97 Å². The minimum atomic E-state index is -0.853. The molecule has 1 aromatic carbocycles. The Labute approximate surface area is 115 Å². The highest BCUT2D eigenvalue weighted by Crippen LogP contribution is 2.26. The smallest absolute Gasteiger partial charge is 0.336 e. The molecule has 1 aliphatic rings. The summed E-state index contributed by atoms with van der Waals surface area (Å²) in [6.07, 6.45) is 8.04. The van der Waals surface area contributed by atoms with Gasteiger partial charge in [0.15, 0.2) is 0 Å². The van der Waals surface area contributed by atoms with Gasteiger partial charge in [-0.05, 0) is 37.0 Å². The van der Waals surface area contributed by atoms with E-state index in [4.69, 9.17) is 5.11 Å². The summed E-state index contributed by atoms with van der Waals surface area (Å²) < 4.78 is 0. The summed E-state index contributed by atoms with van der Waals surface area (Å²) in [5.41, 5.74) is 2.18. The summed E-state index contributed by atoms with van der Waals surface area (Å²) in [5, 5.41) is 12.5. The zero-order valence-electron chi connectivity index (χ0n) is 11.6. The summed E-state index contributed by atoms with van der Waals surface area (Å²) >= 11 is 0. The zero-order chi connectivity index (χ0) is 13.7. The summed E-state index contributed by atoms with van der Waals surface area (Å²) in [4.78, 5) is 11.1. The predicted molar refractivity (Wildman–Crippen MR) is 77.8 cm³/mol. The van der Waals surface area contributed by atoms with Crippen LogP contribution in [0.5, 0.6) is 0 Å². The number of anilines is 1. The number of carboxylic acid groups (broad SMARTS) is 1. The van der Waals surface area contributed by atoms with Crippen LogP contribution in [0.4, 0.5) is 5.69 Å². The van der Waals surface area contributed by atoms with Crippen LogP contribution >= 0.6 is 0 Å². The molecule has 0 heterocycles. The van der Waals surface area contributed by atoms with Crippen molar-refractivity contribution in [2.24, 2.45) is 5.92 Å². The molecule has 3 heteroatoms. The molecule has 0 radical (unpaired) electrons. The van der Waals surface area contributed by atoms with Gasteiger partial charge in [-0.1, -0.05) is 38.2 Å². The Morgan fingerprint density at radius 1 is 1.32 bits per heavy atom. The standard InChI is InChI=1S/C16H23NO2/c1-12-14(16(18)19)8-5-9-15(12)17-11-10-13-6-3-2-4-7-13/h5,8-9,13,17H,2-4,6-7,10-11H2,1H3,(H,18,19). The number of hydrogen-bond acceptors (Lipinski definition) is 2. The highest BCUT2D eigenvalue weighted by molar-refractivity contribution is 5.91. The fourth-order valence-electron chi connectivity index (χ4n) is 2.95. The third-order valence-corrected chi connectivity index (χ3v) is 4.16. The Morgan fingerprint density at radius 2 is 2.05 bits per heavy atom. The normalized spacial score (nSPS) is 16.3. The number of rotatable bonds is 5. The van der Waals surface area contributed by atoms with Crippen LogP contribution in [0.1, 0.15) is 54.4 Å². The van der Waals surface area contributed by atoms with Crippen molar-refractivity contribution >= 4 is 11.7 Å². The predicted octanol–water partition coefficient (Wildman–Crippen LogP) is 4.08. The molecule has 0 bridgehead atoms. The lowest BCUT2D eigenvalue weighted by Crippen LogP contribution is -2.13. The molecule has 2 rings (SSSR count). The van der Waals surface area contributed by atoms with Gasteiger partial charge in [0.1, 0.15) is 0 Å². The molecule has 1 saturated carbocycles. The maximum absolute atomic E-state index is 11.1. The lowest BCUT2D eigenvalue weighted by atomic mass is 9.87. The third-order valence-electron chi connectivity index (χ3n) is 4.16. The molecule has 0 spiro atoms. The second kappa shape index (κ2) is 6.60.